The normalized spacial score (nSPS) is 11.1. The molecule has 0 aromatic carbocycles. The van der Waals surface area contributed by atoms with Crippen molar-refractivity contribution in [2.24, 2.45) is 0 Å². The average Bonchev–Trinajstić information content (AvgIpc) is 2.17. The van der Waals surface area contributed by atoms with E-state index in [-0.39, 0.29) is 5.56 Å². The highest BCUT2D eigenvalue weighted by atomic mass is 16.1. The highest BCUT2D eigenvalue weighted by Gasteiger charge is 2.04. The smallest absolute Gasteiger partial charge is 0.267 e. The molecule has 0 aliphatic rings. The first-order valence-corrected chi connectivity index (χ1v) is 4.52. The van der Waals surface area contributed by atoms with Gasteiger partial charge in [0.2, 0.25) is 0 Å². The number of aromatic amines is 1. The first-order chi connectivity index (χ1) is 6.68. The lowest BCUT2D eigenvalue weighted by Crippen LogP contribution is -2.08. The van der Waals surface area contributed by atoms with Crippen LogP contribution in [0.15, 0.2) is 23.3 Å². The molecule has 14 heavy (non-hydrogen) atoms. The highest BCUT2D eigenvalue weighted by Crippen LogP contribution is 2.15. The molecule has 2 aromatic heterocycles. The van der Waals surface area contributed by atoms with Crippen LogP contribution in [0.3, 0.4) is 0 Å². The Bertz CT molecular complexity index is 516. The quantitative estimate of drug-likeness (QED) is 0.738. The van der Waals surface area contributed by atoms with Crippen molar-refractivity contribution >= 4 is 10.8 Å². The van der Waals surface area contributed by atoms with Crippen molar-refractivity contribution < 1.29 is 0 Å². The molecular weight excluding hydrogens is 178 g/mol. The van der Waals surface area contributed by atoms with E-state index in [0.29, 0.717) is 11.3 Å². The first kappa shape index (κ1) is 8.87. The third kappa shape index (κ3) is 1.39. The number of rotatable bonds is 1. The van der Waals surface area contributed by atoms with Gasteiger partial charge in [0, 0.05) is 17.3 Å². The Labute approximate surface area is 81.0 Å². The average molecular weight is 189 g/mol. The summed E-state index contributed by atoms with van der Waals surface area (Å²) in [6.45, 7) is 4.13. The standard InChI is InChI=1S/C10H11N3O/c1-6(2)9-3-7-4-12-13-10(14)8(7)5-11-9/h3-6H,1-2H3,(H,13,14). The van der Waals surface area contributed by atoms with Crippen LogP contribution >= 0.6 is 0 Å². The molecule has 4 nitrogen and oxygen atoms in total. The monoisotopic (exact) mass is 189 g/mol. The van der Waals surface area contributed by atoms with Gasteiger partial charge in [-0.1, -0.05) is 13.8 Å². The summed E-state index contributed by atoms with van der Waals surface area (Å²) in [5.74, 6) is 0.360. The van der Waals surface area contributed by atoms with E-state index in [2.05, 4.69) is 29.0 Å². The Morgan fingerprint density at radius 3 is 2.86 bits per heavy atom. The second kappa shape index (κ2) is 3.21. The lowest BCUT2D eigenvalue weighted by Gasteiger charge is -2.04. The predicted octanol–water partition coefficient (Wildman–Crippen LogP) is 1.44. The molecule has 0 bridgehead atoms. The van der Waals surface area contributed by atoms with Crippen LogP contribution in [0.25, 0.3) is 10.8 Å². The topological polar surface area (TPSA) is 58.6 Å². The Morgan fingerprint density at radius 1 is 1.36 bits per heavy atom. The van der Waals surface area contributed by atoms with Crippen molar-refractivity contribution in [1.29, 1.82) is 0 Å². The highest BCUT2D eigenvalue weighted by molar-refractivity contribution is 5.79. The lowest BCUT2D eigenvalue weighted by atomic mass is 10.1. The number of hydrogen-bond acceptors (Lipinski definition) is 3. The summed E-state index contributed by atoms with van der Waals surface area (Å²) < 4.78 is 0. The van der Waals surface area contributed by atoms with E-state index in [9.17, 15) is 4.79 Å². The molecule has 0 atom stereocenters. The lowest BCUT2D eigenvalue weighted by molar-refractivity contribution is 0.825. The minimum Gasteiger partial charge on any atom is -0.267 e. The molecule has 0 saturated carbocycles. The van der Waals surface area contributed by atoms with Gasteiger partial charge in [-0.05, 0) is 12.0 Å². The molecule has 0 spiro atoms. The molecular formula is C10H11N3O. The van der Waals surface area contributed by atoms with Gasteiger partial charge >= 0.3 is 0 Å². The Morgan fingerprint density at radius 2 is 2.14 bits per heavy atom. The maximum atomic E-state index is 11.3. The number of nitrogens with one attached hydrogen (secondary N) is 1. The van der Waals surface area contributed by atoms with E-state index in [4.69, 9.17) is 0 Å². The summed E-state index contributed by atoms with van der Waals surface area (Å²) >= 11 is 0. The summed E-state index contributed by atoms with van der Waals surface area (Å²) in [5, 5.41) is 7.55. The molecule has 1 N–H and O–H groups in total. The van der Waals surface area contributed by atoms with Crippen LogP contribution in [-0.2, 0) is 0 Å². The fraction of sp³-hybridized carbons (Fsp3) is 0.300. The zero-order valence-corrected chi connectivity index (χ0v) is 8.11. The van der Waals surface area contributed by atoms with Crippen molar-refractivity contribution in [3.05, 3.63) is 34.5 Å². The molecule has 0 aliphatic heterocycles. The molecule has 2 rings (SSSR count). The maximum absolute atomic E-state index is 11.3. The minimum atomic E-state index is -0.190. The fourth-order valence-corrected chi connectivity index (χ4v) is 1.32. The van der Waals surface area contributed by atoms with Gasteiger partial charge in [-0.25, -0.2) is 5.10 Å². The van der Waals surface area contributed by atoms with Crippen LogP contribution in [0.2, 0.25) is 0 Å². The van der Waals surface area contributed by atoms with Crippen LogP contribution < -0.4 is 5.56 Å². The van der Waals surface area contributed by atoms with Gasteiger partial charge in [0.25, 0.3) is 5.56 Å². The van der Waals surface area contributed by atoms with Crippen molar-refractivity contribution in [2.45, 2.75) is 19.8 Å². The minimum absolute atomic E-state index is 0.190. The SMILES string of the molecule is CC(C)c1cc2cn[nH]c(=O)c2cn1. The zero-order chi connectivity index (χ0) is 10.1. The van der Waals surface area contributed by atoms with Crippen LogP contribution in [0.5, 0.6) is 0 Å². The summed E-state index contributed by atoms with van der Waals surface area (Å²) in [5.41, 5.74) is 0.787. The van der Waals surface area contributed by atoms with Crippen molar-refractivity contribution in [2.75, 3.05) is 0 Å². The first-order valence-electron chi connectivity index (χ1n) is 4.52. The molecule has 2 aromatic rings. The summed E-state index contributed by atoms with van der Waals surface area (Å²) in [4.78, 5) is 15.5. The van der Waals surface area contributed by atoms with Crippen LogP contribution in [0.4, 0.5) is 0 Å². The predicted molar refractivity (Wildman–Crippen MR) is 54.2 cm³/mol. The Kier molecular flexibility index (Phi) is 2.04. The van der Waals surface area contributed by atoms with Gasteiger partial charge < -0.3 is 0 Å². The second-order valence-electron chi connectivity index (χ2n) is 3.55. The largest absolute Gasteiger partial charge is 0.273 e. The Balaban J connectivity index is 2.74. The molecule has 0 saturated heterocycles. The van der Waals surface area contributed by atoms with E-state index in [1.165, 1.54) is 0 Å². The van der Waals surface area contributed by atoms with Crippen molar-refractivity contribution in [3.63, 3.8) is 0 Å². The molecule has 72 valence electrons. The van der Waals surface area contributed by atoms with Gasteiger partial charge in [-0.3, -0.25) is 9.78 Å². The van der Waals surface area contributed by atoms with E-state index in [1.54, 1.807) is 12.4 Å². The van der Waals surface area contributed by atoms with Crippen LogP contribution in [-0.4, -0.2) is 15.2 Å². The third-order valence-corrected chi connectivity index (χ3v) is 2.16. The summed E-state index contributed by atoms with van der Waals surface area (Å²) in [6.07, 6.45) is 3.25. The second-order valence-corrected chi connectivity index (χ2v) is 3.55. The van der Waals surface area contributed by atoms with Crippen molar-refractivity contribution in [3.8, 4) is 0 Å². The number of fused-ring (bicyclic) bond motifs is 1. The molecule has 0 aliphatic carbocycles. The van der Waals surface area contributed by atoms with Gasteiger partial charge in [-0.2, -0.15) is 5.10 Å². The van der Waals surface area contributed by atoms with E-state index < -0.39 is 0 Å². The van der Waals surface area contributed by atoms with E-state index >= 15 is 0 Å². The van der Waals surface area contributed by atoms with Gasteiger partial charge in [0.15, 0.2) is 0 Å². The number of aromatic nitrogens is 3. The molecule has 0 fully saturated rings. The maximum Gasteiger partial charge on any atom is 0.273 e. The van der Waals surface area contributed by atoms with Crippen LogP contribution in [0, 0.1) is 0 Å². The van der Waals surface area contributed by atoms with E-state index in [1.807, 2.05) is 6.07 Å². The van der Waals surface area contributed by atoms with Gasteiger partial charge in [0.1, 0.15) is 0 Å². The zero-order valence-electron chi connectivity index (χ0n) is 8.11. The van der Waals surface area contributed by atoms with Crippen LogP contribution in [0.1, 0.15) is 25.5 Å². The molecule has 0 amide bonds. The van der Waals surface area contributed by atoms with Gasteiger partial charge in [-0.15, -0.1) is 0 Å². The number of pyridine rings is 1. The molecule has 0 unspecified atom stereocenters. The van der Waals surface area contributed by atoms with Gasteiger partial charge in [0.05, 0.1) is 11.6 Å². The number of nitrogens with zero attached hydrogens (tertiary/aromatic N) is 2. The molecule has 4 heteroatoms. The molecule has 0 radical (unpaired) electrons. The molecule has 2 heterocycles. The van der Waals surface area contributed by atoms with E-state index in [0.717, 1.165) is 11.1 Å². The van der Waals surface area contributed by atoms with Crippen molar-refractivity contribution in [1.82, 2.24) is 15.2 Å². The Hall–Kier alpha value is -1.71. The fourth-order valence-electron chi connectivity index (χ4n) is 1.32. The summed E-state index contributed by atoms with van der Waals surface area (Å²) in [6, 6.07) is 1.90. The summed E-state index contributed by atoms with van der Waals surface area (Å²) in [7, 11) is 0. The third-order valence-electron chi connectivity index (χ3n) is 2.16. The number of H-pyrrole nitrogens is 1. The number of hydrogen-bond donors (Lipinski definition) is 1.